The van der Waals surface area contributed by atoms with Crippen molar-refractivity contribution >= 4 is 5.97 Å². The summed E-state index contributed by atoms with van der Waals surface area (Å²) >= 11 is 0. The molecule has 0 bridgehead atoms. The van der Waals surface area contributed by atoms with Gasteiger partial charge in [-0.3, -0.25) is 0 Å². The van der Waals surface area contributed by atoms with Crippen LogP contribution in [0.25, 0.3) is 0 Å². The Hall–Kier alpha value is -1.40. The highest BCUT2D eigenvalue weighted by atomic mass is 16.4. The second kappa shape index (κ2) is 4.37. The van der Waals surface area contributed by atoms with Gasteiger partial charge in [-0.25, -0.2) is 9.78 Å². The van der Waals surface area contributed by atoms with Crippen molar-refractivity contribution in [2.24, 2.45) is 0 Å². The Balaban J connectivity index is 2.09. The average molecular weight is 251 g/mol. The standard InChI is InChI=1S/C12H17N3O3/c16-8-2-1-5-15-10(8)9(12(17)18)14-11(15)7-3-4-13-6-7/h7-8,13,16H,1-6H2,(H,17,18). The van der Waals surface area contributed by atoms with Crippen molar-refractivity contribution < 1.29 is 15.0 Å². The molecule has 3 heterocycles. The smallest absolute Gasteiger partial charge is 0.356 e. The van der Waals surface area contributed by atoms with E-state index in [1.54, 1.807) is 0 Å². The lowest BCUT2D eigenvalue weighted by Crippen LogP contribution is -2.20. The third-order valence-corrected chi connectivity index (χ3v) is 3.84. The fourth-order valence-corrected chi connectivity index (χ4v) is 2.98. The van der Waals surface area contributed by atoms with Crippen molar-refractivity contribution in [1.82, 2.24) is 14.9 Å². The number of fused-ring (bicyclic) bond motifs is 1. The summed E-state index contributed by atoms with van der Waals surface area (Å²) < 4.78 is 1.93. The van der Waals surface area contributed by atoms with Gasteiger partial charge in [0.05, 0.1) is 11.8 Å². The zero-order chi connectivity index (χ0) is 12.7. The summed E-state index contributed by atoms with van der Waals surface area (Å²) in [4.78, 5) is 15.5. The molecule has 0 aliphatic carbocycles. The van der Waals surface area contributed by atoms with E-state index in [0.717, 1.165) is 38.3 Å². The van der Waals surface area contributed by atoms with Gasteiger partial charge in [0, 0.05) is 19.0 Å². The Labute approximate surface area is 105 Å². The largest absolute Gasteiger partial charge is 0.476 e. The number of aromatic carboxylic acids is 1. The van der Waals surface area contributed by atoms with Gasteiger partial charge in [-0.05, 0) is 25.8 Å². The number of hydrogen-bond acceptors (Lipinski definition) is 4. The fourth-order valence-electron chi connectivity index (χ4n) is 2.98. The molecule has 0 amide bonds. The maximum absolute atomic E-state index is 11.2. The number of carbonyl (C=O) groups is 1. The number of hydrogen-bond donors (Lipinski definition) is 3. The molecule has 2 unspecified atom stereocenters. The van der Waals surface area contributed by atoms with Gasteiger partial charge in [-0.15, -0.1) is 0 Å². The minimum Gasteiger partial charge on any atom is -0.476 e. The molecule has 0 saturated carbocycles. The van der Waals surface area contributed by atoms with E-state index in [0.29, 0.717) is 12.1 Å². The maximum Gasteiger partial charge on any atom is 0.356 e. The molecule has 6 heteroatoms. The Morgan fingerprint density at radius 3 is 2.94 bits per heavy atom. The van der Waals surface area contributed by atoms with E-state index < -0.39 is 12.1 Å². The number of nitrogens with zero attached hydrogens (tertiary/aromatic N) is 2. The topological polar surface area (TPSA) is 87.4 Å². The summed E-state index contributed by atoms with van der Waals surface area (Å²) in [6.07, 6.45) is 1.77. The molecule has 3 N–H and O–H groups in total. The van der Waals surface area contributed by atoms with E-state index in [4.69, 9.17) is 0 Å². The predicted octanol–water partition coefficient (Wildman–Crippen LogP) is 0.485. The molecule has 0 spiro atoms. The van der Waals surface area contributed by atoms with E-state index >= 15 is 0 Å². The summed E-state index contributed by atoms with van der Waals surface area (Å²) in [6, 6.07) is 0. The number of imidazole rings is 1. The number of rotatable bonds is 2. The first-order valence-electron chi connectivity index (χ1n) is 6.41. The Morgan fingerprint density at radius 1 is 1.44 bits per heavy atom. The first kappa shape index (κ1) is 11.7. The minimum absolute atomic E-state index is 0.0316. The number of carboxylic acid groups (broad SMARTS) is 1. The number of nitrogens with one attached hydrogen (secondary N) is 1. The minimum atomic E-state index is -1.04. The van der Waals surface area contributed by atoms with Crippen LogP contribution in [0.5, 0.6) is 0 Å². The zero-order valence-electron chi connectivity index (χ0n) is 10.1. The van der Waals surface area contributed by atoms with Crippen LogP contribution in [-0.4, -0.2) is 38.8 Å². The normalized spacial score (nSPS) is 27.2. The van der Waals surface area contributed by atoms with Gasteiger partial charge in [0.1, 0.15) is 5.82 Å². The number of aliphatic hydroxyl groups is 1. The maximum atomic E-state index is 11.2. The first-order valence-corrected chi connectivity index (χ1v) is 6.41. The average Bonchev–Trinajstić information content (AvgIpc) is 2.95. The predicted molar refractivity (Wildman–Crippen MR) is 63.6 cm³/mol. The molecular formula is C12H17N3O3. The van der Waals surface area contributed by atoms with Gasteiger partial charge in [0.2, 0.25) is 0 Å². The van der Waals surface area contributed by atoms with Gasteiger partial charge in [0.25, 0.3) is 0 Å². The quantitative estimate of drug-likeness (QED) is 0.712. The highest BCUT2D eigenvalue weighted by Gasteiger charge is 2.33. The van der Waals surface area contributed by atoms with Crippen LogP contribution < -0.4 is 5.32 Å². The molecule has 1 fully saturated rings. The second-order valence-electron chi connectivity index (χ2n) is 5.01. The van der Waals surface area contributed by atoms with Crippen molar-refractivity contribution in [1.29, 1.82) is 0 Å². The summed E-state index contributed by atoms with van der Waals surface area (Å²) in [7, 11) is 0. The van der Waals surface area contributed by atoms with Crippen LogP contribution in [0.3, 0.4) is 0 Å². The molecule has 18 heavy (non-hydrogen) atoms. The zero-order valence-corrected chi connectivity index (χ0v) is 10.1. The summed E-state index contributed by atoms with van der Waals surface area (Å²) in [6.45, 7) is 2.54. The molecule has 0 radical (unpaired) electrons. The molecule has 2 aliphatic rings. The van der Waals surface area contributed by atoms with E-state index in [1.165, 1.54) is 0 Å². The molecule has 2 aliphatic heterocycles. The van der Waals surface area contributed by atoms with E-state index in [9.17, 15) is 15.0 Å². The fraction of sp³-hybridized carbons (Fsp3) is 0.667. The van der Waals surface area contributed by atoms with Crippen LogP contribution in [0, 0.1) is 0 Å². The molecule has 1 saturated heterocycles. The van der Waals surface area contributed by atoms with Gasteiger partial charge in [0.15, 0.2) is 5.69 Å². The lowest BCUT2D eigenvalue weighted by Gasteiger charge is -2.23. The van der Waals surface area contributed by atoms with Crippen molar-refractivity contribution in [2.45, 2.75) is 37.8 Å². The number of carboxylic acids is 1. The summed E-state index contributed by atoms with van der Waals surface area (Å²) in [5, 5.41) is 22.5. The molecule has 1 aromatic heterocycles. The summed E-state index contributed by atoms with van der Waals surface area (Å²) in [5.41, 5.74) is 0.528. The third-order valence-electron chi connectivity index (χ3n) is 3.84. The molecule has 1 aromatic rings. The molecule has 98 valence electrons. The third kappa shape index (κ3) is 1.72. The Kier molecular flexibility index (Phi) is 2.83. The van der Waals surface area contributed by atoms with E-state index in [1.807, 2.05) is 4.57 Å². The monoisotopic (exact) mass is 251 g/mol. The van der Waals surface area contributed by atoms with Crippen LogP contribution in [0.4, 0.5) is 0 Å². The Bertz CT molecular complexity index is 477. The second-order valence-corrected chi connectivity index (χ2v) is 5.01. The lowest BCUT2D eigenvalue weighted by atomic mass is 10.0. The van der Waals surface area contributed by atoms with Gasteiger partial charge < -0.3 is 20.1 Å². The van der Waals surface area contributed by atoms with Gasteiger partial charge in [-0.1, -0.05) is 0 Å². The van der Waals surface area contributed by atoms with Crippen LogP contribution >= 0.6 is 0 Å². The highest BCUT2D eigenvalue weighted by Crippen LogP contribution is 2.33. The lowest BCUT2D eigenvalue weighted by molar-refractivity contribution is 0.0677. The summed E-state index contributed by atoms with van der Waals surface area (Å²) in [5.74, 6) is 0.0465. The molecule has 0 aromatic carbocycles. The van der Waals surface area contributed by atoms with Gasteiger partial charge >= 0.3 is 5.97 Å². The Morgan fingerprint density at radius 2 is 2.28 bits per heavy atom. The van der Waals surface area contributed by atoms with E-state index in [-0.39, 0.29) is 11.6 Å². The van der Waals surface area contributed by atoms with Crippen LogP contribution in [0.15, 0.2) is 0 Å². The van der Waals surface area contributed by atoms with Crippen LogP contribution in [-0.2, 0) is 6.54 Å². The van der Waals surface area contributed by atoms with E-state index in [2.05, 4.69) is 10.3 Å². The molecule has 2 atom stereocenters. The van der Waals surface area contributed by atoms with Crippen molar-refractivity contribution in [3.63, 3.8) is 0 Å². The first-order chi connectivity index (χ1) is 8.68. The van der Waals surface area contributed by atoms with Crippen molar-refractivity contribution in [3.05, 3.63) is 17.2 Å². The molecular weight excluding hydrogens is 234 g/mol. The van der Waals surface area contributed by atoms with Crippen molar-refractivity contribution in [3.8, 4) is 0 Å². The van der Waals surface area contributed by atoms with Crippen LogP contribution in [0.1, 0.15) is 53.3 Å². The molecule has 6 nitrogen and oxygen atoms in total. The number of aliphatic hydroxyl groups excluding tert-OH is 1. The SMILES string of the molecule is O=C(O)c1nc(C2CCNC2)n2c1C(O)CCC2. The molecule has 3 rings (SSSR count). The van der Waals surface area contributed by atoms with Crippen molar-refractivity contribution in [2.75, 3.05) is 13.1 Å². The van der Waals surface area contributed by atoms with Crippen LogP contribution in [0.2, 0.25) is 0 Å². The number of aromatic nitrogens is 2. The van der Waals surface area contributed by atoms with Gasteiger partial charge in [-0.2, -0.15) is 0 Å². The highest BCUT2D eigenvalue weighted by molar-refractivity contribution is 5.87.